The van der Waals surface area contributed by atoms with Gasteiger partial charge in [-0.1, -0.05) is 6.42 Å². The van der Waals surface area contributed by atoms with Gasteiger partial charge in [0.05, 0.1) is 5.25 Å². The van der Waals surface area contributed by atoms with Gasteiger partial charge in [-0.2, -0.15) is 11.8 Å². The van der Waals surface area contributed by atoms with Crippen LogP contribution in [0.5, 0.6) is 0 Å². The minimum atomic E-state index is -3.11. The number of sulfonamides is 1. The van der Waals surface area contributed by atoms with Crippen LogP contribution in [0.25, 0.3) is 0 Å². The Balaban J connectivity index is 1.88. The van der Waals surface area contributed by atoms with Gasteiger partial charge in [0.25, 0.3) is 0 Å². The zero-order valence-electron chi connectivity index (χ0n) is 10.4. The van der Waals surface area contributed by atoms with E-state index in [0.29, 0.717) is 6.54 Å². The molecule has 0 aromatic heterocycles. The van der Waals surface area contributed by atoms with Crippen molar-refractivity contribution in [2.45, 2.75) is 42.1 Å². The first-order valence-corrected chi connectivity index (χ1v) is 9.09. The van der Waals surface area contributed by atoms with Gasteiger partial charge in [0.2, 0.25) is 10.0 Å². The highest BCUT2D eigenvalue weighted by Crippen LogP contribution is 2.42. The predicted molar refractivity (Wildman–Crippen MR) is 72.9 cm³/mol. The van der Waals surface area contributed by atoms with Gasteiger partial charge in [-0.05, 0) is 45.0 Å². The Morgan fingerprint density at radius 2 is 2.00 bits per heavy atom. The minimum absolute atomic E-state index is 0.181. The summed E-state index contributed by atoms with van der Waals surface area (Å²) in [6.45, 7) is 2.25. The molecule has 0 aromatic rings. The molecule has 100 valence electrons. The quantitative estimate of drug-likeness (QED) is 0.786. The lowest BCUT2D eigenvalue weighted by Crippen LogP contribution is -2.49. The van der Waals surface area contributed by atoms with Crippen LogP contribution in [0.2, 0.25) is 0 Å². The Hall–Kier alpha value is 0.220. The summed E-state index contributed by atoms with van der Waals surface area (Å²) in [4.78, 5) is 0. The minimum Gasteiger partial charge on any atom is -0.317 e. The molecule has 1 saturated heterocycles. The fourth-order valence-electron chi connectivity index (χ4n) is 2.48. The van der Waals surface area contributed by atoms with Crippen molar-refractivity contribution in [2.24, 2.45) is 0 Å². The third-order valence-corrected chi connectivity index (χ3v) is 7.33. The molecule has 2 fully saturated rings. The van der Waals surface area contributed by atoms with Gasteiger partial charge >= 0.3 is 0 Å². The molecule has 2 N–H and O–H groups in total. The second kappa shape index (κ2) is 5.47. The Morgan fingerprint density at radius 3 is 2.47 bits per heavy atom. The monoisotopic (exact) mass is 278 g/mol. The van der Waals surface area contributed by atoms with Crippen LogP contribution in [0.1, 0.15) is 32.1 Å². The number of nitrogens with one attached hydrogen (secondary N) is 2. The van der Waals surface area contributed by atoms with Crippen LogP contribution in [-0.4, -0.2) is 44.3 Å². The smallest absolute Gasteiger partial charge is 0.214 e. The zero-order valence-corrected chi connectivity index (χ0v) is 12.0. The maximum atomic E-state index is 12.1. The molecule has 2 rings (SSSR count). The van der Waals surface area contributed by atoms with Crippen LogP contribution in [0.15, 0.2) is 0 Å². The van der Waals surface area contributed by atoms with Crippen molar-refractivity contribution in [3.8, 4) is 0 Å². The first-order chi connectivity index (χ1) is 8.08. The first kappa shape index (κ1) is 13.6. The Bertz CT molecular complexity index is 341. The molecule has 1 heterocycles. The molecule has 6 heteroatoms. The summed E-state index contributed by atoms with van der Waals surface area (Å²) in [5.41, 5.74) is 0. The third kappa shape index (κ3) is 3.16. The van der Waals surface area contributed by atoms with Crippen LogP contribution < -0.4 is 10.0 Å². The van der Waals surface area contributed by atoms with Gasteiger partial charge in [0, 0.05) is 11.3 Å². The van der Waals surface area contributed by atoms with E-state index < -0.39 is 10.0 Å². The number of hydrogen-bond acceptors (Lipinski definition) is 4. The summed E-state index contributed by atoms with van der Waals surface area (Å²) in [6, 6.07) is 0. The lowest BCUT2D eigenvalue weighted by molar-refractivity contribution is 0.360. The van der Waals surface area contributed by atoms with Crippen molar-refractivity contribution in [1.29, 1.82) is 0 Å². The topological polar surface area (TPSA) is 58.2 Å². The Morgan fingerprint density at radius 1 is 1.35 bits per heavy atom. The van der Waals surface area contributed by atoms with E-state index in [9.17, 15) is 8.42 Å². The molecule has 0 atom stereocenters. The number of thioether (sulfide) groups is 1. The van der Waals surface area contributed by atoms with Crippen LogP contribution in [0.3, 0.4) is 0 Å². The molecule has 0 amide bonds. The molecule has 1 saturated carbocycles. The maximum Gasteiger partial charge on any atom is 0.214 e. The van der Waals surface area contributed by atoms with Gasteiger partial charge in [-0.15, -0.1) is 0 Å². The van der Waals surface area contributed by atoms with Crippen LogP contribution >= 0.6 is 11.8 Å². The molecule has 2 aliphatic rings. The Kier molecular flexibility index (Phi) is 4.39. The van der Waals surface area contributed by atoms with Gasteiger partial charge < -0.3 is 5.32 Å². The average Bonchev–Trinajstić information content (AvgIpc) is 2.29. The summed E-state index contributed by atoms with van der Waals surface area (Å²) in [7, 11) is -3.11. The highest BCUT2D eigenvalue weighted by molar-refractivity contribution is 8.00. The van der Waals surface area contributed by atoms with E-state index in [4.69, 9.17) is 0 Å². The summed E-state index contributed by atoms with van der Waals surface area (Å²) in [5.74, 6) is 0. The van der Waals surface area contributed by atoms with Crippen molar-refractivity contribution in [2.75, 3.05) is 25.9 Å². The summed E-state index contributed by atoms with van der Waals surface area (Å²) >= 11 is 1.81. The summed E-state index contributed by atoms with van der Waals surface area (Å²) in [5, 5.41) is 3.00. The van der Waals surface area contributed by atoms with Crippen molar-refractivity contribution in [3.63, 3.8) is 0 Å². The average molecular weight is 278 g/mol. The largest absolute Gasteiger partial charge is 0.317 e. The van der Waals surface area contributed by atoms with Crippen molar-refractivity contribution in [3.05, 3.63) is 0 Å². The van der Waals surface area contributed by atoms with Gasteiger partial charge in [-0.3, -0.25) is 0 Å². The van der Waals surface area contributed by atoms with Crippen LogP contribution in [0, 0.1) is 0 Å². The molecule has 4 nitrogen and oxygen atoms in total. The predicted octanol–water partition coefficient (Wildman–Crippen LogP) is 0.943. The molecule has 0 aromatic carbocycles. The molecule has 0 bridgehead atoms. The second-order valence-electron chi connectivity index (χ2n) is 5.06. The van der Waals surface area contributed by atoms with Crippen molar-refractivity contribution >= 4 is 21.8 Å². The highest BCUT2D eigenvalue weighted by atomic mass is 32.2. The normalized spacial score (nSPS) is 25.5. The summed E-state index contributed by atoms with van der Waals surface area (Å²) in [6.07, 6.45) is 7.07. The van der Waals surface area contributed by atoms with Gasteiger partial charge in [0.15, 0.2) is 0 Å². The van der Waals surface area contributed by atoms with E-state index in [0.717, 1.165) is 38.8 Å². The van der Waals surface area contributed by atoms with Crippen molar-refractivity contribution in [1.82, 2.24) is 10.0 Å². The fourth-order valence-corrected chi connectivity index (χ4v) is 5.05. The molecule has 0 radical (unpaired) electrons. The van der Waals surface area contributed by atoms with E-state index in [1.165, 1.54) is 6.42 Å². The van der Waals surface area contributed by atoms with Gasteiger partial charge in [-0.25, -0.2) is 13.1 Å². The van der Waals surface area contributed by atoms with E-state index in [1.807, 2.05) is 11.8 Å². The first-order valence-electron chi connectivity index (χ1n) is 6.32. The molecular formula is C11H22N2O2S2. The number of piperidine rings is 1. The third-order valence-electron chi connectivity index (χ3n) is 4.02. The fraction of sp³-hybridized carbons (Fsp3) is 1.00. The van der Waals surface area contributed by atoms with E-state index >= 15 is 0 Å². The number of hydrogen-bond donors (Lipinski definition) is 2. The SMILES string of the molecule is CSC1(CNS(=O)(=O)C2CCNCC2)CCC1. The van der Waals surface area contributed by atoms with Gasteiger partial charge in [0.1, 0.15) is 0 Å². The van der Waals surface area contributed by atoms with E-state index in [1.54, 1.807) is 0 Å². The molecule has 0 spiro atoms. The standard InChI is InChI=1S/C11H22N2O2S2/c1-16-11(5-2-6-11)9-13-17(14,15)10-3-7-12-8-4-10/h10,12-13H,2-9H2,1H3. The molecular weight excluding hydrogens is 256 g/mol. The molecule has 1 aliphatic heterocycles. The van der Waals surface area contributed by atoms with Crippen molar-refractivity contribution < 1.29 is 8.42 Å². The van der Waals surface area contributed by atoms with Crippen LogP contribution in [0.4, 0.5) is 0 Å². The van der Waals surface area contributed by atoms with E-state index in [-0.39, 0.29) is 10.00 Å². The Labute approximate surface area is 108 Å². The van der Waals surface area contributed by atoms with E-state index in [2.05, 4.69) is 16.3 Å². The molecule has 17 heavy (non-hydrogen) atoms. The summed E-state index contributed by atoms with van der Waals surface area (Å²) < 4.78 is 27.3. The van der Waals surface area contributed by atoms with Crippen LogP contribution in [-0.2, 0) is 10.0 Å². The lowest BCUT2D eigenvalue weighted by atomic mass is 9.84. The zero-order chi connectivity index (χ0) is 12.4. The highest BCUT2D eigenvalue weighted by Gasteiger charge is 2.38. The molecule has 0 unspecified atom stereocenters. The number of rotatable bonds is 5. The molecule has 1 aliphatic carbocycles. The maximum absolute atomic E-state index is 12.1. The second-order valence-corrected chi connectivity index (χ2v) is 8.38. The lowest BCUT2D eigenvalue weighted by Gasteiger charge is -2.40.